The third-order valence-electron chi connectivity index (χ3n) is 2.49. The summed E-state index contributed by atoms with van der Waals surface area (Å²) in [5, 5.41) is 7.40. The first-order chi connectivity index (χ1) is 7.79. The van der Waals surface area contributed by atoms with E-state index in [0.717, 1.165) is 23.5 Å². The van der Waals surface area contributed by atoms with Gasteiger partial charge in [-0.15, -0.1) is 0 Å². The standard InChI is InChI=1S/C12H15NO3/c1-14-12(13)5-3-9-2-4-10-11(8-9)16-7-6-15-10/h2,4,8,13H,3,5-7H2,1H3. The van der Waals surface area contributed by atoms with E-state index in [4.69, 9.17) is 19.6 Å². The molecule has 16 heavy (non-hydrogen) atoms. The van der Waals surface area contributed by atoms with Gasteiger partial charge in [0.15, 0.2) is 17.4 Å². The molecule has 1 aliphatic heterocycles. The van der Waals surface area contributed by atoms with Crippen molar-refractivity contribution in [2.45, 2.75) is 12.8 Å². The van der Waals surface area contributed by atoms with E-state index in [2.05, 4.69) is 0 Å². The van der Waals surface area contributed by atoms with E-state index >= 15 is 0 Å². The van der Waals surface area contributed by atoms with Gasteiger partial charge >= 0.3 is 0 Å². The first-order valence-electron chi connectivity index (χ1n) is 5.29. The lowest BCUT2D eigenvalue weighted by Crippen LogP contribution is -2.15. The second kappa shape index (κ2) is 4.88. The Kier molecular flexibility index (Phi) is 3.29. The van der Waals surface area contributed by atoms with Crippen molar-refractivity contribution in [3.05, 3.63) is 23.8 Å². The molecule has 0 aromatic heterocycles. The van der Waals surface area contributed by atoms with Crippen LogP contribution in [0.15, 0.2) is 18.2 Å². The monoisotopic (exact) mass is 221 g/mol. The van der Waals surface area contributed by atoms with Crippen LogP contribution < -0.4 is 9.47 Å². The lowest BCUT2D eigenvalue weighted by molar-refractivity contribution is 0.171. The van der Waals surface area contributed by atoms with E-state index in [1.165, 1.54) is 7.11 Å². The van der Waals surface area contributed by atoms with E-state index < -0.39 is 0 Å². The molecule has 0 aliphatic carbocycles. The average molecular weight is 221 g/mol. The molecule has 0 fully saturated rings. The smallest absolute Gasteiger partial charge is 0.180 e. The van der Waals surface area contributed by atoms with E-state index in [1.807, 2.05) is 18.2 Å². The number of methoxy groups -OCH3 is 1. The van der Waals surface area contributed by atoms with Gasteiger partial charge in [-0.3, -0.25) is 5.41 Å². The number of hydrogen-bond donors (Lipinski definition) is 1. The lowest BCUT2D eigenvalue weighted by atomic mass is 10.1. The zero-order valence-electron chi connectivity index (χ0n) is 9.29. The first-order valence-corrected chi connectivity index (χ1v) is 5.29. The van der Waals surface area contributed by atoms with Crippen molar-refractivity contribution < 1.29 is 14.2 Å². The highest BCUT2D eigenvalue weighted by atomic mass is 16.6. The minimum atomic E-state index is 0.301. The van der Waals surface area contributed by atoms with Crippen molar-refractivity contribution in [1.82, 2.24) is 0 Å². The van der Waals surface area contributed by atoms with Crippen molar-refractivity contribution in [3.63, 3.8) is 0 Å². The van der Waals surface area contributed by atoms with Crippen molar-refractivity contribution in [1.29, 1.82) is 5.41 Å². The number of fused-ring (bicyclic) bond motifs is 1. The molecule has 4 nitrogen and oxygen atoms in total. The molecule has 1 N–H and O–H groups in total. The molecule has 1 heterocycles. The van der Waals surface area contributed by atoms with Gasteiger partial charge in [-0.25, -0.2) is 0 Å². The Labute approximate surface area is 94.6 Å². The third kappa shape index (κ3) is 2.45. The second-order valence-corrected chi connectivity index (χ2v) is 3.61. The maximum Gasteiger partial charge on any atom is 0.180 e. The topological polar surface area (TPSA) is 51.5 Å². The van der Waals surface area contributed by atoms with Crippen LogP contribution >= 0.6 is 0 Å². The zero-order chi connectivity index (χ0) is 11.4. The summed E-state index contributed by atoms with van der Waals surface area (Å²) in [5.74, 6) is 1.90. The van der Waals surface area contributed by atoms with Gasteiger partial charge in [-0.05, 0) is 24.1 Å². The minimum absolute atomic E-state index is 0.301. The van der Waals surface area contributed by atoms with Crippen molar-refractivity contribution in [2.75, 3.05) is 20.3 Å². The van der Waals surface area contributed by atoms with Gasteiger partial charge in [0.1, 0.15) is 13.2 Å². The lowest BCUT2D eigenvalue weighted by Gasteiger charge is -2.18. The average Bonchev–Trinajstić information content (AvgIpc) is 2.35. The highest BCUT2D eigenvalue weighted by Crippen LogP contribution is 2.30. The highest BCUT2D eigenvalue weighted by Gasteiger charge is 2.11. The number of benzene rings is 1. The van der Waals surface area contributed by atoms with Gasteiger partial charge in [0.05, 0.1) is 7.11 Å². The third-order valence-corrected chi connectivity index (χ3v) is 2.49. The zero-order valence-corrected chi connectivity index (χ0v) is 9.29. The van der Waals surface area contributed by atoms with Crippen LogP contribution in [0.1, 0.15) is 12.0 Å². The Balaban J connectivity index is 2.03. The summed E-state index contributed by atoms with van der Waals surface area (Å²) < 4.78 is 15.7. The first kappa shape index (κ1) is 10.8. The second-order valence-electron chi connectivity index (χ2n) is 3.61. The quantitative estimate of drug-likeness (QED) is 0.627. The summed E-state index contributed by atoms with van der Waals surface area (Å²) in [7, 11) is 1.52. The van der Waals surface area contributed by atoms with Crippen LogP contribution in [0.25, 0.3) is 0 Å². The van der Waals surface area contributed by atoms with Gasteiger partial charge in [0, 0.05) is 6.42 Å². The fourth-order valence-electron chi connectivity index (χ4n) is 1.60. The predicted molar refractivity (Wildman–Crippen MR) is 60.5 cm³/mol. The fourth-order valence-corrected chi connectivity index (χ4v) is 1.60. The molecule has 0 bridgehead atoms. The molecule has 86 valence electrons. The van der Waals surface area contributed by atoms with Gasteiger partial charge in [-0.1, -0.05) is 6.07 Å². The van der Waals surface area contributed by atoms with Gasteiger partial charge in [0.2, 0.25) is 0 Å². The Hall–Kier alpha value is -1.71. The minimum Gasteiger partial charge on any atom is -0.486 e. The Morgan fingerprint density at radius 3 is 2.81 bits per heavy atom. The Morgan fingerprint density at radius 1 is 1.31 bits per heavy atom. The molecule has 0 saturated carbocycles. The number of ether oxygens (including phenoxy) is 3. The van der Waals surface area contributed by atoms with E-state index in [9.17, 15) is 0 Å². The summed E-state index contributed by atoms with van der Waals surface area (Å²) in [6.45, 7) is 1.21. The van der Waals surface area contributed by atoms with Crippen molar-refractivity contribution in [2.24, 2.45) is 0 Å². The molecule has 2 rings (SSSR count). The van der Waals surface area contributed by atoms with E-state index in [-0.39, 0.29) is 0 Å². The van der Waals surface area contributed by atoms with Crippen LogP contribution in [0, 0.1) is 5.41 Å². The van der Waals surface area contributed by atoms with E-state index in [0.29, 0.717) is 25.5 Å². The number of aryl methyl sites for hydroxylation is 1. The van der Waals surface area contributed by atoms with Gasteiger partial charge < -0.3 is 14.2 Å². The van der Waals surface area contributed by atoms with Crippen LogP contribution in [0.2, 0.25) is 0 Å². The molecule has 0 spiro atoms. The number of rotatable bonds is 3. The molecule has 0 saturated heterocycles. The summed E-state index contributed by atoms with van der Waals surface area (Å²) in [6, 6.07) is 5.88. The maximum absolute atomic E-state index is 7.40. The van der Waals surface area contributed by atoms with Crippen molar-refractivity contribution in [3.8, 4) is 11.5 Å². The van der Waals surface area contributed by atoms with Crippen LogP contribution in [-0.4, -0.2) is 26.2 Å². The molecule has 1 aromatic carbocycles. The van der Waals surface area contributed by atoms with Crippen LogP contribution in [0.3, 0.4) is 0 Å². The van der Waals surface area contributed by atoms with Crippen LogP contribution in [-0.2, 0) is 11.2 Å². The molecule has 0 atom stereocenters. The Bertz CT molecular complexity index is 390. The molecule has 0 unspecified atom stereocenters. The van der Waals surface area contributed by atoms with E-state index in [1.54, 1.807) is 0 Å². The summed E-state index contributed by atoms with van der Waals surface area (Å²) in [5.41, 5.74) is 1.13. The molecule has 1 aliphatic rings. The maximum atomic E-state index is 7.40. The normalized spacial score (nSPS) is 13.3. The fraction of sp³-hybridized carbons (Fsp3) is 0.417. The number of hydrogen-bond acceptors (Lipinski definition) is 4. The summed E-state index contributed by atoms with van der Waals surface area (Å²) in [6.07, 6.45) is 1.39. The largest absolute Gasteiger partial charge is 0.486 e. The van der Waals surface area contributed by atoms with Gasteiger partial charge in [0.25, 0.3) is 0 Å². The molecular weight excluding hydrogens is 206 g/mol. The molecule has 0 radical (unpaired) electrons. The SMILES string of the molecule is COC(=N)CCc1ccc2c(c1)OCCO2. The van der Waals surface area contributed by atoms with Crippen LogP contribution in [0.5, 0.6) is 11.5 Å². The Morgan fingerprint density at radius 2 is 2.06 bits per heavy atom. The molecule has 0 amide bonds. The molecule has 4 heteroatoms. The van der Waals surface area contributed by atoms with Crippen molar-refractivity contribution >= 4 is 5.90 Å². The number of nitrogens with one attached hydrogen (secondary N) is 1. The summed E-state index contributed by atoms with van der Waals surface area (Å²) in [4.78, 5) is 0. The van der Waals surface area contributed by atoms with Crippen LogP contribution in [0.4, 0.5) is 0 Å². The van der Waals surface area contributed by atoms with Gasteiger partial charge in [-0.2, -0.15) is 0 Å². The molecule has 1 aromatic rings. The summed E-state index contributed by atoms with van der Waals surface area (Å²) >= 11 is 0. The highest BCUT2D eigenvalue weighted by molar-refractivity contribution is 5.72. The molecular formula is C12H15NO3. The predicted octanol–water partition coefficient (Wildman–Crippen LogP) is 2.01.